The first-order chi connectivity index (χ1) is 10.7. The van der Waals surface area contributed by atoms with Crippen molar-refractivity contribution in [2.75, 3.05) is 13.2 Å². The second-order valence-corrected chi connectivity index (χ2v) is 6.82. The van der Waals surface area contributed by atoms with Gasteiger partial charge in [0, 0.05) is 12.8 Å². The summed E-state index contributed by atoms with van der Waals surface area (Å²) in [6.07, 6.45) is 12.0. The zero-order valence-corrected chi connectivity index (χ0v) is 13.7. The number of ether oxygens (including phenoxy) is 2. The summed E-state index contributed by atoms with van der Waals surface area (Å²) >= 11 is 0. The molecule has 0 aromatic carbocycles. The zero-order valence-electron chi connectivity index (χ0n) is 13.7. The molecule has 2 saturated carbocycles. The first-order valence-corrected chi connectivity index (χ1v) is 9.05. The molecule has 0 N–H and O–H groups in total. The Morgan fingerprint density at radius 3 is 1.45 bits per heavy atom. The quantitative estimate of drug-likeness (QED) is 0.381. The third-order valence-electron chi connectivity index (χ3n) is 4.45. The van der Waals surface area contributed by atoms with Gasteiger partial charge in [-0.25, -0.2) is 0 Å². The molecule has 0 aromatic heterocycles. The molecule has 2 rings (SSSR count). The van der Waals surface area contributed by atoms with E-state index in [9.17, 15) is 9.59 Å². The van der Waals surface area contributed by atoms with Crippen LogP contribution in [0.2, 0.25) is 0 Å². The van der Waals surface area contributed by atoms with Gasteiger partial charge in [-0.15, -0.1) is 0 Å². The van der Waals surface area contributed by atoms with E-state index >= 15 is 0 Å². The molecule has 0 saturated heterocycles. The van der Waals surface area contributed by atoms with Crippen LogP contribution in [-0.2, 0) is 19.1 Å². The Morgan fingerprint density at radius 2 is 1.09 bits per heavy atom. The number of hydrogen-bond acceptors (Lipinski definition) is 4. The number of hydrogen-bond donors (Lipinski definition) is 0. The van der Waals surface area contributed by atoms with Crippen LogP contribution in [0.15, 0.2) is 0 Å². The largest absolute Gasteiger partial charge is 0.466 e. The van der Waals surface area contributed by atoms with Gasteiger partial charge in [-0.05, 0) is 50.4 Å². The van der Waals surface area contributed by atoms with E-state index < -0.39 is 0 Å². The van der Waals surface area contributed by atoms with Gasteiger partial charge >= 0.3 is 11.9 Å². The van der Waals surface area contributed by atoms with Crippen molar-refractivity contribution in [2.45, 2.75) is 77.0 Å². The molecule has 0 aliphatic heterocycles. The molecule has 0 heterocycles. The third kappa shape index (κ3) is 9.06. The zero-order chi connectivity index (χ0) is 15.6. The summed E-state index contributed by atoms with van der Waals surface area (Å²) < 4.78 is 10.4. The Labute approximate surface area is 133 Å². The highest BCUT2D eigenvalue weighted by Crippen LogP contribution is 2.33. The van der Waals surface area contributed by atoms with Crippen molar-refractivity contribution in [2.24, 2.45) is 11.8 Å². The highest BCUT2D eigenvalue weighted by molar-refractivity contribution is 5.70. The average Bonchev–Trinajstić information content (AvgIpc) is 3.38. The molecule has 126 valence electrons. The van der Waals surface area contributed by atoms with Crippen LogP contribution in [-0.4, -0.2) is 25.2 Å². The molecule has 4 nitrogen and oxygen atoms in total. The number of rotatable bonds is 13. The Kier molecular flexibility index (Phi) is 7.75. The van der Waals surface area contributed by atoms with E-state index in [2.05, 4.69) is 0 Å². The van der Waals surface area contributed by atoms with Crippen molar-refractivity contribution < 1.29 is 19.1 Å². The van der Waals surface area contributed by atoms with E-state index in [1.807, 2.05) is 0 Å². The Morgan fingerprint density at radius 1 is 0.682 bits per heavy atom. The van der Waals surface area contributed by atoms with Crippen LogP contribution >= 0.6 is 0 Å². The molecular formula is C18H30O4. The van der Waals surface area contributed by atoms with Gasteiger partial charge in [0.2, 0.25) is 0 Å². The number of esters is 2. The molecule has 2 fully saturated rings. The standard InChI is InChI=1S/C18H30O4/c19-17(21-13-3-5-15-9-10-15)7-1-2-8-18(20)22-14-4-6-16-11-12-16/h15-16H,1-14H2. The third-order valence-corrected chi connectivity index (χ3v) is 4.45. The SMILES string of the molecule is O=C(CCCCC(=O)OCCCC1CC1)OCCCC1CC1. The summed E-state index contributed by atoms with van der Waals surface area (Å²) in [6.45, 7) is 1.11. The predicted molar refractivity (Wildman–Crippen MR) is 84.3 cm³/mol. The lowest BCUT2D eigenvalue weighted by molar-refractivity contribution is -0.146. The van der Waals surface area contributed by atoms with Gasteiger partial charge in [0.1, 0.15) is 0 Å². The molecule has 2 aliphatic carbocycles. The lowest BCUT2D eigenvalue weighted by Gasteiger charge is -2.05. The van der Waals surface area contributed by atoms with Crippen LogP contribution < -0.4 is 0 Å². The van der Waals surface area contributed by atoms with Crippen LogP contribution in [0.5, 0.6) is 0 Å². The minimum atomic E-state index is -0.131. The van der Waals surface area contributed by atoms with Gasteiger partial charge in [0.25, 0.3) is 0 Å². The monoisotopic (exact) mass is 310 g/mol. The number of carbonyl (C=O) groups excluding carboxylic acids is 2. The second kappa shape index (κ2) is 9.86. The van der Waals surface area contributed by atoms with Crippen LogP contribution in [0.25, 0.3) is 0 Å². The maximum atomic E-state index is 11.5. The van der Waals surface area contributed by atoms with Gasteiger partial charge in [-0.3, -0.25) is 9.59 Å². The summed E-state index contributed by atoms with van der Waals surface area (Å²) in [7, 11) is 0. The number of carbonyl (C=O) groups is 2. The average molecular weight is 310 g/mol. The van der Waals surface area contributed by atoms with Crippen LogP contribution in [0.1, 0.15) is 77.0 Å². The molecule has 4 heteroatoms. The van der Waals surface area contributed by atoms with E-state index in [-0.39, 0.29) is 11.9 Å². The smallest absolute Gasteiger partial charge is 0.305 e. The molecule has 0 radical (unpaired) electrons. The van der Waals surface area contributed by atoms with E-state index in [4.69, 9.17) is 9.47 Å². The summed E-state index contributed by atoms with van der Waals surface area (Å²) in [5.41, 5.74) is 0. The fourth-order valence-electron chi connectivity index (χ4n) is 2.61. The first kappa shape index (κ1) is 17.3. The normalized spacial score (nSPS) is 17.3. The summed E-state index contributed by atoms with van der Waals surface area (Å²) in [4.78, 5) is 23.0. The second-order valence-electron chi connectivity index (χ2n) is 6.82. The summed E-state index contributed by atoms with van der Waals surface area (Å²) in [5, 5.41) is 0. The molecule has 22 heavy (non-hydrogen) atoms. The molecule has 0 amide bonds. The maximum absolute atomic E-state index is 11.5. The van der Waals surface area contributed by atoms with Gasteiger partial charge in [-0.2, -0.15) is 0 Å². The fourth-order valence-corrected chi connectivity index (χ4v) is 2.61. The van der Waals surface area contributed by atoms with Crippen LogP contribution in [0, 0.1) is 11.8 Å². The molecule has 0 unspecified atom stereocenters. The number of unbranched alkanes of at least 4 members (excludes halogenated alkanes) is 1. The van der Waals surface area contributed by atoms with Crippen LogP contribution in [0.4, 0.5) is 0 Å². The van der Waals surface area contributed by atoms with Crippen molar-refractivity contribution >= 4 is 11.9 Å². The van der Waals surface area contributed by atoms with Crippen molar-refractivity contribution in [3.8, 4) is 0 Å². The Balaban J connectivity index is 1.32. The minimum absolute atomic E-state index is 0.131. The Bertz CT molecular complexity index is 311. The van der Waals surface area contributed by atoms with E-state index in [1.54, 1.807) is 0 Å². The van der Waals surface area contributed by atoms with Crippen molar-refractivity contribution in [3.05, 3.63) is 0 Å². The fraction of sp³-hybridized carbons (Fsp3) is 0.889. The van der Waals surface area contributed by atoms with E-state index in [1.165, 1.54) is 38.5 Å². The first-order valence-electron chi connectivity index (χ1n) is 9.05. The Hall–Kier alpha value is -1.06. The molecule has 0 spiro atoms. The maximum Gasteiger partial charge on any atom is 0.305 e. The summed E-state index contributed by atoms with van der Waals surface area (Å²) in [5.74, 6) is 1.53. The van der Waals surface area contributed by atoms with Crippen molar-refractivity contribution in [3.63, 3.8) is 0 Å². The van der Waals surface area contributed by atoms with E-state index in [0.717, 1.165) is 24.7 Å². The van der Waals surface area contributed by atoms with Crippen molar-refractivity contribution in [1.29, 1.82) is 0 Å². The van der Waals surface area contributed by atoms with Gasteiger partial charge in [-0.1, -0.05) is 25.7 Å². The molecule has 2 aliphatic rings. The minimum Gasteiger partial charge on any atom is -0.466 e. The molecule has 0 bridgehead atoms. The van der Waals surface area contributed by atoms with Crippen LogP contribution in [0.3, 0.4) is 0 Å². The van der Waals surface area contributed by atoms with Gasteiger partial charge in [0.15, 0.2) is 0 Å². The van der Waals surface area contributed by atoms with Gasteiger partial charge in [0.05, 0.1) is 13.2 Å². The van der Waals surface area contributed by atoms with E-state index in [0.29, 0.717) is 38.9 Å². The van der Waals surface area contributed by atoms with Gasteiger partial charge < -0.3 is 9.47 Å². The lowest BCUT2D eigenvalue weighted by atomic mass is 10.2. The molecular weight excluding hydrogens is 280 g/mol. The van der Waals surface area contributed by atoms with Crippen molar-refractivity contribution in [1.82, 2.24) is 0 Å². The highest BCUT2D eigenvalue weighted by Gasteiger charge is 2.21. The topological polar surface area (TPSA) is 52.6 Å². The lowest BCUT2D eigenvalue weighted by Crippen LogP contribution is -2.08. The highest BCUT2D eigenvalue weighted by atomic mass is 16.5. The predicted octanol–water partition coefficient (Wildman–Crippen LogP) is 4.01. The molecule has 0 aromatic rings. The summed E-state index contributed by atoms with van der Waals surface area (Å²) in [6, 6.07) is 0. The molecule has 0 atom stereocenters.